The van der Waals surface area contributed by atoms with Crippen molar-refractivity contribution >= 4 is 11.8 Å². The van der Waals surface area contributed by atoms with Gasteiger partial charge in [-0.15, -0.1) is 10.2 Å². The highest BCUT2D eigenvalue weighted by Crippen LogP contribution is 2.23. The predicted molar refractivity (Wildman–Crippen MR) is 61.0 cm³/mol. The summed E-state index contributed by atoms with van der Waals surface area (Å²) in [6.07, 6.45) is 1.92. The first kappa shape index (κ1) is 10.2. The van der Waals surface area contributed by atoms with Gasteiger partial charge in [0.15, 0.2) is 0 Å². The normalized spacial score (nSPS) is 10.6. The molecule has 0 spiro atoms. The summed E-state index contributed by atoms with van der Waals surface area (Å²) < 4.78 is 5.47. The van der Waals surface area contributed by atoms with Gasteiger partial charge in [0.2, 0.25) is 5.89 Å². The monoisotopic (exact) mass is 220 g/mol. The van der Waals surface area contributed by atoms with E-state index in [0.29, 0.717) is 11.1 Å². The minimum absolute atomic E-state index is 0.589. The molecule has 1 aromatic heterocycles. The first-order valence-electron chi connectivity index (χ1n) is 4.65. The van der Waals surface area contributed by atoms with Gasteiger partial charge in [0.05, 0.1) is 0 Å². The smallest absolute Gasteiger partial charge is 0.276 e. The van der Waals surface area contributed by atoms with Crippen LogP contribution < -0.4 is 0 Å². The average molecular weight is 220 g/mol. The van der Waals surface area contributed by atoms with E-state index in [9.17, 15) is 0 Å². The van der Waals surface area contributed by atoms with Crippen LogP contribution in [0.1, 0.15) is 11.1 Å². The lowest BCUT2D eigenvalue weighted by Gasteiger charge is -1.99. The third-order valence-electron chi connectivity index (χ3n) is 2.05. The summed E-state index contributed by atoms with van der Waals surface area (Å²) in [5, 5.41) is 8.52. The summed E-state index contributed by atoms with van der Waals surface area (Å²) in [7, 11) is 0. The molecule has 0 saturated carbocycles. The van der Waals surface area contributed by atoms with Gasteiger partial charge < -0.3 is 4.42 Å². The zero-order valence-electron chi connectivity index (χ0n) is 8.94. The Bertz CT molecular complexity index is 459. The molecule has 0 fully saturated rings. The van der Waals surface area contributed by atoms with Crippen LogP contribution in [-0.2, 0) is 0 Å². The Labute approximate surface area is 92.9 Å². The van der Waals surface area contributed by atoms with Gasteiger partial charge in [-0.1, -0.05) is 29.0 Å². The molecule has 0 aliphatic heterocycles. The standard InChI is InChI=1S/C11H12N2OS/c1-7-4-8(2)6-9(5-7)10-12-13-11(14-10)15-3/h4-6H,1-3H3. The molecule has 15 heavy (non-hydrogen) atoms. The molecule has 0 radical (unpaired) electrons. The minimum Gasteiger partial charge on any atom is -0.411 e. The van der Waals surface area contributed by atoms with Crippen molar-refractivity contribution in [1.29, 1.82) is 0 Å². The first-order valence-corrected chi connectivity index (χ1v) is 5.87. The Morgan fingerprint density at radius 1 is 1.07 bits per heavy atom. The molecule has 0 amide bonds. The fourth-order valence-corrected chi connectivity index (χ4v) is 1.79. The third-order valence-corrected chi connectivity index (χ3v) is 2.56. The van der Waals surface area contributed by atoms with Crippen LogP contribution in [0.15, 0.2) is 27.8 Å². The van der Waals surface area contributed by atoms with E-state index in [0.717, 1.165) is 5.56 Å². The van der Waals surface area contributed by atoms with E-state index in [1.54, 1.807) is 0 Å². The second-order valence-electron chi connectivity index (χ2n) is 3.45. The number of benzene rings is 1. The predicted octanol–water partition coefficient (Wildman–Crippen LogP) is 3.08. The van der Waals surface area contributed by atoms with Crippen molar-refractivity contribution in [2.24, 2.45) is 0 Å². The Hall–Kier alpha value is -1.29. The molecular formula is C11H12N2OS. The Morgan fingerprint density at radius 3 is 2.27 bits per heavy atom. The van der Waals surface area contributed by atoms with Crippen LogP contribution in [0.5, 0.6) is 0 Å². The van der Waals surface area contributed by atoms with Gasteiger partial charge >= 0.3 is 0 Å². The molecule has 0 atom stereocenters. The van der Waals surface area contributed by atoms with Crippen molar-refractivity contribution in [3.8, 4) is 11.5 Å². The maximum Gasteiger partial charge on any atom is 0.276 e. The SMILES string of the molecule is CSc1nnc(-c2cc(C)cc(C)c2)o1. The van der Waals surface area contributed by atoms with Crippen LogP contribution in [0.25, 0.3) is 11.5 Å². The third kappa shape index (κ3) is 2.21. The molecular weight excluding hydrogens is 208 g/mol. The van der Waals surface area contributed by atoms with Crippen LogP contribution in [0.2, 0.25) is 0 Å². The average Bonchev–Trinajstić information content (AvgIpc) is 2.64. The fraction of sp³-hybridized carbons (Fsp3) is 0.273. The molecule has 2 rings (SSSR count). The van der Waals surface area contributed by atoms with Gasteiger partial charge in [0.1, 0.15) is 0 Å². The lowest BCUT2D eigenvalue weighted by atomic mass is 10.1. The number of aromatic nitrogens is 2. The number of rotatable bonds is 2. The van der Waals surface area contributed by atoms with Gasteiger partial charge in [-0.25, -0.2) is 0 Å². The van der Waals surface area contributed by atoms with E-state index >= 15 is 0 Å². The van der Waals surface area contributed by atoms with E-state index in [1.807, 2.05) is 18.4 Å². The zero-order valence-corrected chi connectivity index (χ0v) is 9.76. The Balaban J connectivity index is 2.44. The van der Waals surface area contributed by atoms with E-state index in [1.165, 1.54) is 22.9 Å². The number of hydrogen-bond donors (Lipinski definition) is 0. The fourth-order valence-electron chi connectivity index (χ4n) is 1.51. The molecule has 4 heteroatoms. The second-order valence-corrected chi connectivity index (χ2v) is 4.21. The van der Waals surface area contributed by atoms with Crippen molar-refractivity contribution in [3.05, 3.63) is 29.3 Å². The Morgan fingerprint density at radius 2 is 1.73 bits per heavy atom. The van der Waals surface area contributed by atoms with Gasteiger partial charge in [-0.3, -0.25) is 0 Å². The van der Waals surface area contributed by atoms with Crippen LogP contribution in [0.4, 0.5) is 0 Å². The summed E-state index contributed by atoms with van der Waals surface area (Å²) in [6, 6.07) is 6.21. The summed E-state index contributed by atoms with van der Waals surface area (Å²) in [5.74, 6) is 0.589. The molecule has 3 nitrogen and oxygen atoms in total. The molecule has 78 valence electrons. The number of thioether (sulfide) groups is 1. The molecule has 0 saturated heterocycles. The van der Waals surface area contributed by atoms with Crippen molar-refractivity contribution in [2.45, 2.75) is 19.1 Å². The van der Waals surface area contributed by atoms with E-state index < -0.39 is 0 Å². The Kier molecular flexibility index (Phi) is 2.77. The molecule has 0 unspecified atom stereocenters. The van der Waals surface area contributed by atoms with Crippen molar-refractivity contribution in [3.63, 3.8) is 0 Å². The lowest BCUT2D eigenvalue weighted by Crippen LogP contribution is -1.82. The maximum absolute atomic E-state index is 5.47. The summed E-state index contributed by atoms with van der Waals surface area (Å²) in [6.45, 7) is 4.12. The van der Waals surface area contributed by atoms with Crippen LogP contribution >= 0.6 is 11.8 Å². The minimum atomic E-state index is 0.589. The van der Waals surface area contributed by atoms with Crippen molar-refractivity contribution < 1.29 is 4.42 Å². The van der Waals surface area contributed by atoms with Crippen LogP contribution in [0.3, 0.4) is 0 Å². The number of hydrogen-bond acceptors (Lipinski definition) is 4. The van der Waals surface area contributed by atoms with Crippen molar-refractivity contribution in [1.82, 2.24) is 10.2 Å². The van der Waals surface area contributed by atoms with Crippen LogP contribution in [0, 0.1) is 13.8 Å². The summed E-state index contributed by atoms with van der Waals surface area (Å²) in [5.41, 5.74) is 3.39. The van der Waals surface area contributed by atoms with Gasteiger partial charge in [-0.2, -0.15) is 0 Å². The zero-order chi connectivity index (χ0) is 10.8. The van der Waals surface area contributed by atoms with Gasteiger partial charge in [0, 0.05) is 5.56 Å². The maximum atomic E-state index is 5.47. The quantitative estimate of drug-likeness (QED) is 0.729. The molecule has 0 aliphatic rings. The molecule has 1 aromatic carbocycles. The summed E-state index contributed by atoms with van der Waals surface area (Å²) in [4.78, 5) is 0. The molecule has 2 aromatic rings. The largest absolute Gasteiger partial charge is 0.411 e. The van der Waals surface area contributed by atoms with Crippen molar-refractivity contribution in [2.75, 3.05) is 6.26 Å². The number of aryl methyl sites for hydroxylation is 2. The number of nitrogens with zero attached hydrogens (tertiary/aromatic N) is 2. The lowest BCUT2D eigenvalue weighted by molar-refractivity contribution is 0.466. The van der Waals surface area contributed by atoms with Gasteiger partial charge in [0.25, 0.3) is 5.22 Å². The summed E-state index contributed by atoms with van der Waals surface area (Å²) >= 11 is 1.45. The van der Waals surface area contributed by atoms with Crippen LogP contribution in [-0.4, -0.2) is 16.5 Å². The highest BCUT2D eigenvalue weighted by atomic mass is 32.2. The highest BCUT2D eigenvalue weighted by molar-refractivity contribution is 7.98. The molecule has 1 heterocycles. The highest BCUT2D eigenvalue weighted by Gasteiger charge is 2.08. The second kappa shape index (κ2) is 4.06. The molecule has 0 aliphatic carbocycles. The molecule has 0 bridgehead atoms. The van der Waals surface area contributed by atoms with Gasteiger partial charge in [-0.05, 0) is 32.2 Å². The molecule has 0 N–H and O–H groups in total. The van der Waals surface area contributed by atoms with E-state index in [4.69, 9.17) is 4.42 Å². The van der Waals surface area contributed by atoms with E-state index in [2.05, 4.69) is 30.1 Å². The van der Waals surface area contributed by atoms with E-state index in [-0.39, 0.29) is 0 Å². The topological polar surface area (TPSA) is 38.9 Å². The first-order chi connectivity index (χ1) is 7.19.